The van der Waals surface area contributed by atoms with E-state index in [1.807, 2.05) is 13.0 Å². The van der Waals surface area contributed by atoms with Crippen LogP contribution in [0.3, 0.4) is 0 Å². The first-order valence-electron chi connectivity index (χ1n) is 30.0. The first kappa shape index (κ1) is 77.6. The van der Waals surface area contributed by atoms with Crippen molar-refractivity contribution in [2.45, 2.75) is 54.7 Å². The minimum absolute atomic E-state index is 0.00812. The highest BCUT2D eigenvalue weighted by atomic mass is 35.5. The average Bonchev–Trinajstić information content (AvgIpc) is 1.63. The Bertz CT molecular complexity index is 4550. The van der Waals surface area contributed by atoms with Crippen molar-refractivity contribution in [3.63, 3.8) is 0 Å². The lowest BCUT2D eigenvalue weighted by molar-refractivity contribution is -0.163. The summed E-state index contributed by atoms with van der Waals surface area (Å²) >= 11 is 10.2. The number of sulfone groups is 3. The highest BCUT2D eigenvalue weighted by molar-refractivity contribution is 7.91. The van der Waals surface area contributed by atoms with Crippen LogP contribution in [0.15, 0.2) is 159 Å². The quantitative estimate of drug-likeness (QED) is 0.0255. The fourth-order valence-electron chi connectivity index (χ4n) is 10.5. The Morgan fingerprint density at radius 1 is 0.370 bits per heavy atom. The summed E-state index contributed by atoms with van der Waals surface area (Å²) in [6.45, 7) is 3.04. The summed E-state index contributed by atoms with van der Waals surface area (Å²) in [6, 6.07) is 31.6. The van der Waals surface area contributed by atoms with Gasteiger partial charge in [0.15, 0.2) is 42.7 Å². The molecule has 0 radical (unpaired) electrons. The third-order valence-electron chi connectivity index (χ3n) is 15.3. The Hall–Kier alpha value is -9.73. The second-order valence-corrected chi connectivity index (χ2v) is 29.1. The van der Waals surface area contributed by atoms with Gasteiger partial charge < -0.3 is 33.5 Å². The third-order valence-corrected chi connectivity index (χ3v) is 19.1. The molecule has 526 valence electrons. The fourth-order valence-corrected chi connectivity index (χ4v) is 12.5. The molecule has 3 aliphatic rings. The van der Waals surface area contributed by atoms with Crippen molar-refractivity contribution in [2.75, 3.05) is 70.2 Å². The molecule has 0 heterocycles. The highest BCUT2D eigenvalue weighted by Crippen LogP contribution is 2.47. The number of hydrogen-bond acceptors (Lipinski definition) is 19. The molecule has 0 bridgehead atoms. The van der Waals surface area contributed by atoms with Crippen LogP contribution in [0.5, 0.6) is 0 Å². The summed E-state index contributed by atoms with van der Waals surface area (Å²) in [6.07, 6.45) is 8.03. The van der Waals surface area contributed by atoms with Crippen LogP contribution in [-0.4, -0.2) is 142 Å². The van der Waals surface area contributed by atoms with E-state index >= 15 is 0 Å². The predicted octanol–water partition coefficient (Wildman–Crippen LogP) is 11.7. The summed E-state index contributed by atoms with van der Waals surface area (Å²) in [5.74, 6) is -7.37. The smallest absolute Gasteiger partial charge is 0.344 e. The van der Waals surface area contributed by atoms with Gasteiger partial charge in [0.1, 0.15) is 55.6 Å². The number of allylic oxidation sites excluding steroid dienone is 6. The lowest BCUT2D eigenvalue weighted by atomic mass is 10.0. The number of hydrogen-bond donors (Lipinski definition) is 1. The number of fused-ring (bicyclic) bond motifs is 3. The van der Waals surface area contributed by atoms with Gasteiger partial charge in [0.25, 0.3) is 0 Å². The van der Waals surface area contributed by atoms with E-state index < -0.39 is 115 Å². The van der Waals surface area contributed by atoms with E-state index in [-0.39, 0.29) is 58.9 Å². The van der Waals surface area contributed by atoms with E-state index in [1.165, 1.54) is 72.8 Å². The maximum Gasteiger partial charge on any atom is 0.344 e. The fraction of sp³-hybridized carbons (Fsp3) is 0.236. The second-order valence-electron chi connectivity index (χ2n) is 22.5. The molecule has 0 aliphatic heterocycles. The van der Waals surface area contributed by atoms with Gasteiger partial charge in [-0.1, -0.05) is 54.6 Å². The van der Waals surface area contributed by atoms with Gasteiger partial charge in [-0.15, -0.1) is 23.2 Å². The molecular weight excluding hydrogens is 1410 g/mol. The van der Waals surface area contributed by atoms with Crippen LogP contribution in [0.2, 0.25) is 0 Å². The number of aliphatic carboxylic acids is 1. The van der Waals surface area contributed by atoms with E-state index in [0.717, 1.165) is 41.0 Å². The van der Waals surface area contributed by atoms with E-state index in [1.54, 1.807) is 80.6 Å². The second kappa shape index (κ2) is 34.4. The van der Waals surface area contributed by atoms with Crippen molar-refractivity contribution < 1.29 is 106 Å². The molecule has 9 rings (SSSR count). The van der Waals surface area contributed by atoms with Crippen molar-refractivity contribution >= 4 is 146 Å². The van der Waals surface area contributed by atoms with Gasteiger partial charge in [-0.3, -0.25) is 24.0 Å². The largest absolute Gasteiger partial charge is 0.481 e. The third kappa shape index (κ3) is 21.4. The molecular formula is C72H65Cl2F3O20S3. The van der Waals surface area contributed by atoms with E-state index in [4.69, 9.17) is 47.3 Å². The molecule has 0 unspecified atom stereocenters. The van der Waals surface area contributed by atoms with Crippen molar-refractivity contribution in [3.05, 3.63) is 212 Å². The van der Waals surface area contributed by atoms with Gasteiger partial charge in [-0.05, 0) is 212 Å². The minimum atomic E-state index is -3.39. The molecule has 6 aromatic rings. The average molecular weight is 1470 g/mol. The zero-order chi connectivity index (χ0) is 73.4. The number of carboxylic acid groups (broad SMARTS) is 1. The highest BCUT2D eigenvalue weighted by Gasteiger charge is 2.30. The van der Waals surface area contributed by atoms with Crippen molar-refractivity contribution in [1.82, 2.24) is 0 Å². The normalized spacial score (nSPS) is 14.3. The molecule has 0 fully saturated rings. The molecule has 28 heteroatoms. The molecule has 1 N–H and O–H groups in total. The summed E-state index contributed by atoms with van der Waals surface area (Å²) in [5.41, 5.74) is 11.6. The Labute approximate surface area is 584 Å². The zero-order valence-electron chi connectivity index (χ0n) is 54.5. The van der Waals surface area contributed by atoms with Gasteiger partial charge in [0.2, 0.25) is 0 Å². The van der Waals surface area contributed by atoms with Crippen molar-refractivity contribution in [1.29, 1.82) is 0 Å². The number of esters is 6. The molecule has 0 atom stereocenters. The summed E-state index contributed by atoms with van der Waals surface area (Å²) in [4.78, 5) is 82.8. The number of carboxylic acids is 1. The lowest BCUT2D eigenvalue weighted by Crippen LogP contribution is -2.21. The van der Waals surface area contributed by atoms with Crippen molar-refractivity contribution in [2.24, 2.45) is 0 Å². The Morgan fingerprint density at radius 3 is 0.880 bits per heavy atom. The summed E-state index contributed by atoms with van der Waals surface area (Å²) in [5, 5.41) is 9.17. The number of benzene rings is 6. The summed E-state index contributed by atoms with van der Waals surface area (Å²) in [7, 11) is -10.1. The van der Waals surface area contributed by atoms with Crippen LogP contribution in [-0.2, 0) is 91.5 Å². The zero-order valence-corrected chi connectivity index (χ0v) is 58.4. The molecule has 0 spiro atoms. The number of alkyl halides is 2. The van der Waals surface area contributed by atoms with Crippen LogP contribution >= 0.6 is 23.2 Å². The van der Waals surface area contributed by atoms with Crippen LogP contribution in [0.25, 0.3) is 51.7 Å². The number of carbonyl (C=O) groups is 7. The van der Waals surface area contributed by atoms with Gasteiger partial charge in [0, 0.05) is 18.8 Å². The van der Waals surface area contributed by atoms with Crippen LogP contribution < -0.4 is 0 Å². The molecule has 0 saturated carbocycles. The molecule has 0 amide bonds. The Morgan fingerprint density at radius 2 is 0.630 bits per heavy atom. The predicted molar refractivity (Wildman–Crippen MR) is 368 cm³/mol. The van der Waals surface area contributed by atoms with Gasteiger partial charge in [0.05, 0.1) is 33.9 Å². The van der Waals surface area contributed by atoms with Gasteiger partial charge in [-0.2, -0.15) is 0 Å². The first-order valence-corrected chi connectivity index (χ1v) is 36.7. The topological polar surface area (TPSA) is 298 Å². The molecule has 0 aromatic heterocycles. The minimum Gasteiger partial charge on any atom is -0.481 e. The van der Waals surface area contributed by atoms with Crippen LogP contribution in [0.1, 0.15) is 90.1 Å². The maximum atomic E-state index is 14.3. The standard InChI is InChI=1S/C46H40F2O12S2.C20H17FO4S.C6H8Cl2O4/c1-27-37(19-29-5-11-33(12-6-29)61(3,53)54)35-15-9-31(47)21-41(35)39(27)23-43(49)59-25-45(51)57-17-18-58-46(52)26-60-44(50)24-40-28(2)38(36-16-10-32(48)22-42(36)40)20-30-7-13-34(14-8-30)62(4,55)56;1-12-17(9-13-3-6-15(7-4-13)26(2,24)25)16-8-5-14(21)10-19(16)18(12)11-20(22)23;7-3-5(9)11-1-2-12-6(10)4-8/h5-16,19-22H,17-18,23-26H2,1-4H3;3-10H,11H2,1-2H3,(H,22,23);1-4H2/b37-19-,38-20-;17-9-;. The van der Waals surface area contributed by atoms with E-state index in [9.17, 15) is 72.0 Å². The number of rotatable bonds is 24. The van der Waals surface area contributed by atoms with E-state index in [0.29, 0.717) is 78.0 Å². The lowest BCUT2D eigenvalue weighted by Gasteiger charge is -2.09. The SMILES string of the molecule is CC1=C(CC(=O)O)c2cc(F)ccc2/C1=C\c1ccc(S(C)(=O)=O)cc1.CC1=C(CC(=O)OCC(=O)OCCOC(=O)COC(=O)CC2=C(C)/C(=C/c3ccc(S(C)(=O)=O)cc3)c3ccc(F)cc32)c2cc(F)ccc2/C1=C\c1ccc(S(C)(=O)=O)cc1.O=C(CCl)OCCOC(=O)CCl. The molecule has 20 nitrogen and oxygen atoms in total. The molecule has 6 aromatic carbocycles. The Kier molecular flexibility index (Phi) is 26.7. The Balaban J connectivity index is 0.000000300. The summed E-state index contributed by atoms with van der Waals surface area (Å²) < 4.78 is 142. The maximum absolute atomic E-state index is 14.3. The van der Waals surface area contributed by atoms with Gasteiger partial charge >= 0.3 is 41.8 Å². The molecule has 3 aliphatic carbocycles. The van der Waals surface area contributed by atoms with Crippen LogP contribution in [0, 0.1) is 17.5 Å². The molecule has 0 saturated heterocycles. The van der Waals surface area contributed by atoms with E-state index in [2.05, 4.69) is 9.47 Å². The number of halogens is 5. The van der Waals surface area contributed by atoms with Crippen LogP contribution in [0.4, 0.5) is 13.2 Å². The monoisotopic (exact) mass is 1470 g/mol. The first-order chi connectivity index (χ1) is 47.1. The van der Waals surface area contributed by atoms with Crippen molar-refractivity contribution in [3.8, 4) is 0 Å². The molecule has 100 heavy (non-hydrogen) atoms. The number of ether oxygens (including phenoxy) is 6. The number of carbonyl (C=O) groups excluding carboxylic acids is 6. The van der Waals surface area contributed by atoms with Gasteiger partial charge in [-0.25, -0.2) is 48.0 Å².